The Morgan fingerprint density at radius 3 is 2.35 bits per heavy atom. The van der Waals surface area contributed by atoms with Crippen molar-refractivity contribution in [1.29, 1.82) is 0 Å². The Balaban J connectivity index is 2.38. The fourth-order valence-corrected chi connectivity index (χ4v) is 2.70. The van der Waals surface area contributed by atoms with Crippen LogP contribution in [0, 0.1) is 5.41 Å². The molecule has 0 bridgehead atoms. The number of nitrogens with zero attached hydrogens (tertiary/aromatic N) is 1. The molecule has 1 heterocycles. The third-order valence-corrected chi connectivity index (χ3v) is 4.09. The van der Waals surface area contributed by atoms with Gasteiger partial charge in [0.1, 0.15) is 0 Å². The fourth-order valence-electron chi connectivity index (χ4n) is 2.33. The van der Waals surface area contributed by atoms with Crippen LogP contribution in [0.1, 0.15) is 20.8 Å². The van der Waals surface area contributed by atoms with E-state index >= 15 is 0 Å². The van der Waals surface area contributed by atoms with Gasteiger partial charge in [-0.2, -0.15) is 0 Å². The molecule has 0 N–H and O–H groups in total. The number of hydrogen-bond acceptors (Lipinski definition) is 3. The van der Waals surface area contributed by atoms with Gasteiger partial charge in [-0.05, 0) is 50.4 Å². The molecule has 4 nitrogen and oxygen atoms in total. The predicted octanol–water partition coefficient (Wildman–Crippen LogP) is 3.92. The largest absolute Gasteiger partial charge is 0.338 e. The Labute approximate surface area is 141 Å². The highest BCUT2D eigenvalue weighted by molar-refractivity contribution is 9.10. The quantitative estimate of drug-likeness (QED) is 0.607. The Morgan fingerprint density at radius 2 is 1.70 bits per heavy atom. The molecule has 3 rings (SSSR count). The monoisotopic (exact) mass is 373 g/mol. The van der Waals surface area contributed by atoms with Crippen molar-refractivity contribution in [2.24, 2.45) is 5.41 Å². The van der Waals surface area contributed by atoms with Crippen molar-refractivity contribution in [3.05, 3.63) is 57.3 Å². The number of rotatable bonds is 1. The molecule has 0 atom stereocenters. The molecule has 0 unspecified atom stereocenters. The lowest BCUT2D eigenvalue weighted by molar-refractivity contribution is -0.153. The van der Waals surface area contributed by atoms with Crippen LogP contribution in [0.25, 0.3) is 21.7 Å². The van der Waals surface area contributed by atoms with Gasteiger partial charge in [0.25, 0.3) is 5.56 Å². The Bertz CT molecular complexity index is 983. The summed E-state index contributed by atoms with van der Waals surface area (Å²) >= 11 is 3.45. The van der Waals surface area contributed by atoms with Crippen molar-refractivity contribution in [2.75, 3.05) is 0 Å². The first-order valence-corrected chi connectivity index (χ1v) is 8.04. The summed E-state index contributed by atoms with van der Waals surface area (Å²) in [6, 6.07) is 12.8. The second kappa shape index (κ2) is 5.49. The van der Waals surface area contributed by atoms with E-state index < -0.39 is 11.4 Å². The molecule has 0 aliphatic heterocycles. The smallest absolute Gasteiger partial charge is 0.332 e. The highest BCUT2D eigenvalue weighted by Gasteiger charge is 2.25. The van der Waals surface area contributed by atoms with E-state index in [0.29, 0.717) is 10.9 Å². The number of hydrogen-bond donors (Lipinski definition) is 0. The topological polar surface area (TPSA) is 48.3 Å². The number of benzene rings is 2. The normalized spacial score (nSPS) is 11.8. The number of fused-ring (bicyclic) bond motifs is 3. The minimum Gasteiger partial charge on any atom is -0.332 e. The van der Waals surface area contributed by atoms with Gasteiger partial charge in [0.2, 0.25) is 0 Å². The summed E-state index contributed by atoms with van der Waals surface area (Å²) < 4.78 is 1.99. The second-order valence-corrected chi connectivity index (χ2v) is 7.35. The summed E-state index contributed by atoms with van der Waals surface area (Å²) in [5, 5.41) is 2.19. The first kappa shape index (κ1) is 15.7. The number of carbonyl (C=O) groups is 1. The number of halogens is 1. The average molecular weight is 374 g/mol. The molecule has 23 heavy (non-hydrogen) atoms. The highest BCUT2D eigenvalue weighted by Crippen LogP contribution is 2.26. The van der Waals surface area contributed by atoms with Crippen LogP contribution in [-0.4, -0.2) is 10.7 Å². The molecule has 0 spiro atoms. The lowest BCUT2D eigenvalue weighted by atomic mass is 9.98. The molecular formula is C18H16BrNO3. The van der Waals surface area contributed by atoms with Crippen LogP contribution in [0.4, 0.5) is 0 Å². The molecule has 0 aliphatic rings. The summed E-state index contributed by atoms with van der Waals surface area (Å²) in [7, 11) is 0. The Kier molecular flexibility index (Phi) is 3.76. The van der Waals surface area contributed by atoms with Gasteiger partial charge in [-0.15, -0.1) is 4.73 Å². The van der Waals surface area contributed by atoms with E-state index in [-0.39, 0.29) is 5.56 Å². The molecule has 0 aliphatic carbocycles. The summed E-state index contributed by atoms with van der Waals surface area (Å²) in [6.45, 7) is 5.25. The minimum atomic E-state index is -0.702. The zero-order chi connectivity index (χ0) is 16.8. The zero-order valence-corrected chi connectivity index (χ0v) is 14.7. The van der Waals surface area contributed by atoms with Gasteiger partial charge < -0.3 is 4.84 Å². The maximum Gasteiger partial charge on any atom is 0.338 e. The van der Waals surface area contributed by atoms with Crippen LogP contribution in [0.2, 0.25) is 0 Å². The van der Waals surface area contributed by atoms with Crippen molar-refractivity contribution >= 4 is 43.6 Å². The Hall–Kier alpha value is -2.14. The van der Waals surface area contributed by atoms with E-state index in [4.69, 9.17) is 4.84 Å². The van der Waals surface area contributed by atoms with Gasteiger partial charge >= 0.3 is 5.97 Å². The molecule has 1 aromatic heterocycles. The third kappa shape index (κ3) is 2.77. The summed E-state index contributed by atoms with van der Waals surface area (Å²) in [5.74, 6) is -0.459. The van der Waals surface area contributed by atoms with Crippen LogP contribution >= 0.6 is 15.9 Å². The molecule has 118 valence electrons. The lowest BCUT2D eigenvalue weighted by Gasteiger charge is -2.18. The van der Waals surface area contributed by atoms with Crippen molar-refractivity contribution in [2.45, 2.75) is 20.8 Å². The van der Waals surface area contributed by atoms with Gasteiger partial charge in [0.05, 0.1) is 16.3 Å². The summed E-state index contributed by atoms with van der Waals surface area (Å²) in [4.78, 5) is 30.4. The van der Waals surface area contributed by atoms with Gasteiger partial charge in [0, 0.05) is 9.86 Å². The fraction of sp³-hybridized carbons (Fsp3) is 0.222. The Morgan fingerprint density at radius 1 is 1.04 bits per heavy atom. The summed E-state index contributed by atoms with van der Waals surface area (Å²) in [5.41, 5.74) is -0.477. The number of aromatic nitrogens is 1. The van der Waals surface area contributed by atoms with E-state index in [1.165, 1.54) is 0 Å². The first-order chi connectivity index (χ1) is 10.8. The second-order valence-electron chi connectivity index (χ2n) is 6.44. The van der Waals surface area contributed by atoms with E-state index in [1.807, 2.05) is 24.3 Å². The molecular weight excluding hydrogens is 358 g/mol. The highest BCUT2D eigenvalue weighted by atomic mass is 79.9. The van der Waals surface area contributed by atoms with Crippen LogP contribution in [0.3, 0.4) is 0 Å². The standard InChI is InChI=1S/C18H16BrNO3/c1-18(2,3)17(22)23-20-15-9-8-11(19)10-14(15)12-6-4-5-7-13(12)16(20)21/h4-10H,1-3H3. The molecule has 5 heteroatoms. The van der Waals surface area contributed by atoms with Crippen molar-refractivity contribution in [3.63, 3.8) is 0 Å². The van der Waals surface area contributed by atoms with Gasteiger partial charge in [0.15, 0.2) is 0 Å². The van der Waals surface area contributed by atoms with Gasteiger partial charge in [-0.1, -0.05) is 34.1 Å². The van der Waals surface area contributed by atoms with Crippen molar-refractivity contribution < 1.29 is 9.63 Å². The van der Waals surface area contributed by atoms with Gasteiger partial charge in [-0.25, -0.2) is 4.79 Å². The molecule has 2 aromatic carbocycles. The van der Waals surface area contributed by atoms with E-state index in [9.17, 15) is 9.59 Å². The molecule has 0 saturated carbocycles. The average Bonchev–Trinajstić information content (AvgIpc) is 2.50. The molecule has 0 saturated heterocycles. The maximum absolute atomic E-state index is 12.8. The number of carbonyl (C=O) groups excluding carboxylic acids is 1. The maximum atomic E-state index is 12.8. The molecule has 0 fully saturated rings. The predicted molar refractivity (Wildman–Crippen MR) is 94.5 cm³/mol. The van der Waals surface area contributed by atoms with E-state index in [1.54, 1.807) is 39.0 Å². The van der Waals surface area contributed by atoms with Crippen LogP contribution < -0.4 is 10.4 Å². The zero-order valence-electron chi connectivity index (χ0n) is 13.1. The van der Waals surface area contributed by atoms with E-state index in [2.05, 4.69) is 15.9 Å². The summed E-state index contributed by atoms with van der Waals surface area (Å²) in [6.07, 6.45) is 0. The number of pyridine rings is 1. The lowest BCUT2D eigenvalue weighted by Crippen LogP contribution is -2.37. The minimum absolute atomic E-state index is 0.340. The SMILES string of the molecule is CC(C)(C)C(=O)On1c(=O)c2ccccc2c2cc(Br)ccc21. The van der Waals surface area contributed by atoms with Crippen LogP contribution in [-0.2, 0) is 4.79 Å². The van der Waals surface area contributed by atoms with Crippen molar-refractivity contribution in [1.82, 2.24) is 4.73 Å². The third-order valence-electron chi connectivity index (χ3n) is 3.60. The van der Waals surface area contributed by atoms with E-state index in [0.717, 1.165) is 20.0 Å². The molecule has 0 radical (unpaired) electrons. The van der Waals surface area contributed by atoms with Crippen LogP contribution in [0.5, 0.6) is 0 Å². The van der Waals surface area contributed by atoms with Gasteiger partial charge in [-0.3, -0.25) is 4.79 Å². The molecule has 0 amide bonds. The first-order valence-electron chi connectivity index (χ1n) is 7.25. The van der Waals surface area contributed by atoms with Crippen LogP contribution in [0.15, 0.2) is 51.7 Å². The molecule has 3 aromatic rings. The van der Waals surface area contributed by atoms with Crippen molar-refractivity contribution in [3.8, 4) is 0 Å².